The Morgan fingerprint density at radius 3 is 2.71 bits per heavy atom. The molecular weight excluding hydrogens is 420 g/mol. The van der Waals surface area contributed by atoms with Crippen molar-refractivity contribution in [2.45, 2.75) is 17.2 Å². The van der Waals surface area contributed by atoms with E-state index in [1.54, 1.807) is 6.07 Å². The maximum atomic E-state index is 12.4. The molecule has 10 heteroatoms. The first-order valence-electron chi connectivity index (χ1n) is 10.0. The van der Waals surface area contributed by atoms with Crippen LogP contribution in [-0.4, -0.2) is 51.0 Å². The summed E-state index contributed by atoms with van der Waals surface area (Å²) in [5.74, 6) is 1.52. The lowest BCUT2D eigenvalue weighted by atomic mass is 9.86. The van der Waals surface area contributed by atoms with Crippen LogP contribution in [0.25, 0.3) is 0 Å². The summed E-state index contributed by atoms with van der Waals surface area (Å²) in [6, 6.07) is 12.5. The molecule has 2 aromatic rings. The summed E-state index contributed by atoms with van der Waals surface area (Å²) in [4.78, 5) is 12.4. The maximum Gasteiger partial charge on any atom is 0.269 e. The molecule has 1 saturated heterocycles. The molecule has 9 nitrogen and oxygen atoms in total. The number of nitrogens with zero attached hydrogens (tertiary/aromatic N) is 3. The Labute approximate surface area is 180 Å². The van der Waals surface area contributed by atoms with Gasteiger partial charge in [-0.05, 0) is 43.3 Å². The van der Waals surface area contributed by atoms with Gasteiger partial charge >= 0.3 is 0 Å². The number of likely N-dealkylation sites (tertiary alicyclic amines) is 1. The monoisotopic (exact) mass is 442 g/mol. The molecule has 2 aliphatic heterocycles. The minimum absolute atomic E-state index is 0.00680. The lowest BCUT2D eigenvalue weighted by Crippen LogP contribution is -2.29. The van der Waals surface area contributed by atoms with Gasteiger partial charge in [0.1, 0.15) is 5.75 Å². The van der Waals surface area contributed by atoms with Crippen LogP contribution in [0.3, 0.4) is 0 Å². The van der Waals surface area contributed by atoms with Gasteiger partial charge in [-0.2, -0.15) is 5.26 Å². The van der Waals surface area contributed by atoms with Crippen LogP contribution in [0, 0.1) is 27.4 Å². The summed E-state index contributed by atoms with van der Waals surface area (Å²) >= 11 is 0. The fourth-order valence-corrected chi connectivity index (χ4v) is 5.31. The number of benzene rings is 2. The first-order chi connectivity index (χ1) is 14.9. The molecule has 0 saturated carbocycles. The first kappa shape index (κ1) is 21.2. The van der Waals surface area contributed by atoms with Gasteiger partial charge in [-0.25, -0.2) is 13.1 Å². The Morgan fingerprint density at radius 1 is 1.23 bits per heavy atom. The molecule has 1 N–H and O–H groups in total. The fourth-order valence-electron chi connectivity index (χ4n) is 4.24. The zero-order valence-electron chi connectivity index (χ0n) is 16.7. The standard InChI is InChI=1S/C21H22N4O5S/c22-11-15-2-7-21-19(10-15)20-13-24(12-16(20)14-30-21)9-1-8-23-31(28,29)18-5-3-17(4-6-18)25(26)27/h2-7,10,16,20,23H,1,8-9,12-14H2/t16-,20+/m1/s1. The minimum Gasteiger partial charge on any atom is -0.493 e. The third-order valence-corrected chi connectivity index (χ3v) is 7.29. The number of hydrogen-bond acceptors (Lipinski definition) is 7. The van der Waals surface area contributed by atoms with Gasteiger partial charge in [0.25, 0.3) is 5.69 Å². The molecule has 1 fully saturated rings. The molecule has 2 atom stereocenters. The van der Waals surface area contributed by atoms with Crippen molar-refractivity contribution in [2.24, 2.45) is 5.92 Å². The van der Waals surface area contributed by atoms with Crippen LogP contribution >= 0.6 is 0 Å². The number of rotatable bonds is 7. The predicted octanol–water partition coefficient (Wildman–Crippen LogP) is 2.24. The van der Waals surface area contributed by atoms with Crippen LogP contribution in [0.2, 0.25) is 0 Å². The summed E-state index contributed by atoms with van der Waals surface area (Å²) < 4.78 is 33.2. The van der Waals surface area contributed by atoms with Gasteiger partial charge in [-0.3, -0.25) is 10.1 Å². The second kappa shape index (κ2) is 8.63. The van der Waals surface area contributed by atoms with E-state index in [0.717, 1.165) is 30.9 Å². The molecule has 0 spiro atoms. The number of non-ortho nitro benzene ring substituents is 1. The van der Waals surface area contributed by atoms with E-state index in [-0.39, 0.29) is 17.1 Å². The largest absolute Gasteiger partial charge is 0.493 e. The van der Waals surface area contributed by atoms with Crippen molar-refractivity contribution in [3.8, 4) is 11.8 Å². The molecular formula is C21H22N4O5S. The van der Waals surface area contributed by atoms with Gasteiger partial charge in [-0.1, -0.05) is 0 Å². The molecule has 0 unspecified atom stereocenters. The van der Waals surface area contributed by atoms with Crippen molar-refractivity contribution in [1.29, 1.82) is 5.26 Å². The second-order valence-corrected chi connectivity index (χ2v) is 9.57. The van der Waals surface area contributed by atoms with Crippen LogP contribution < -0.4 is 9.46 Å². The Balaban J connectivity index is 1.30. The van der Waals surface area contributed by atoms with Crippen LogP contribution in [0.4, 0.5) is 5.69 Å². The fraction of sp³-hybridized carbons (Fsp3) is 0.381. The van der Waals surface area contributed by atoms with Gasteiger partial charge in [0, 0.05) is 49.2 Å². The summed E-state index contributed by atoms with van der Waals surface area (Å²) in [6.07, 6.45) is 0.637. The van der Waals surface area contributed by atoms with Gasteiger partial charge < -0.3 is 9.64 Å². The second-order valence-electron chi connectivity index (χ2n) is 7.80. The van der Waals surface area contributed by atoms with Crippen molar-refractivity contribution in [3.05, 3.63) is 63.7 Å². The molecule has 0 aliphatic carbocycles. The van der Waals surface area contributed by atoms with Crippen molar-refractivity contribution in [2.75, 3.05) is 32.8 Å². The highest BCUT2D eigenvalue weighted by molar-refractivity contribution is 7.89. The molecule has 2 aromatic carbocycles. The zero-order valence-corrected chi connectivity index (χ0v) is 17.5. The highest BCUT2D eigenvalue weighted by Gasteiger charge is 2.38. The smallest absolute Gasteiger partial charge is 0.269 e. The van der Waals surface area contributed by atoms with E-state index in [1.807, 2.05) is 12.1 Å². The number of nitro groups is 1. The summed E-state index contributed by atoms with van der Waals surface area (Å²) in [5, 5.41) is 19.9. The van der Waals surface area contributed by atoms with E-state index in [0.29, 0.717) is 30.4 Å². The maximum absolute atomic E-state index is 12.4. The molecule has 4 rings (SSSR count). The molecule has 162 valence electrons. The Morgan fingerprint density at radius 2 is 2.00 bits per heavy atom. The van der Waals surface area contributed by atoms with Crippen molar-refractivity contribution in [1.82, 2.24) is 9.62 Å². The Kier molecular flexibility index (Phi) is 5.91. The molecule has 2 aliphatic rings. The number of hydrogen-bond donors (Lipinski definition) is 1. The summed E-state index contributed by atoms with van der Waals surface area (Å²) in [7, 11) is -3.71. The highest BCUT2D eigenvalue weighted by atomic mass is 32.2. The molecule has 31 heavy (non-hydrogen) atoms. The van der Waals surface area contributed by atoms with Crippen LogP contribution in [0.15, 0.2) is 47.4 Å². The van der Waals surface area contributed by atoms with Gasteiger partial charge in [-0.15, -0.1) is 0 Å². The SMILES string of the molecule is N#Cc1ccc2c(c1)[C@H]1CN(CCCNS(=O)(=O)c3ccc([N+](=O)[O-])cc3)C[C@@H]1CO2. The average Bonchev–Trinajstić information content (AvgIpc) is 3.20. The van der Waals surface area contributed by atoms with E-state index in [9.17, 15) is 23.8 Å². The summed E-state index contributed by atoms with van der Waals surface area (Å²) in [6.45, 7) is 3.38. The minimum atomic E-state index is -3.71. The van der Waals surface area contributed by atoms with Crippen LogP contribution in [0.1, 0.15) is 23.5 Å². The van der Waals surface area contributed by atoms with Gasteiger partial charge in [0.2, 0.25) is 10.0 Å². The number of nitrogens with one attached hydrogen (secondary N) is 1. The summed E-state index contributed by atoms with van der Waals surface area (Å²) in [5.41, 5.74) is 1.56. The third kappa shape index (κ3) is 4.54. The predicted molar refractivity (Wildman–Crippen MR) is 112 cm³/mol. The van der Waals surface area contributed by atoms with E-state index in [1.165, 1.54) is 24.3 Å². The number of sulfonamides is 1. The van der Waals surface area contributed by atoms with E-state index in [4.69, 9.17) is 4.74 Å². The van der Waals surface area contributed by atoms with E-state index in [2.05, 4.69) is 15.7 Å². The normalized spacial score (nSPS) is 20.4. The lowest BCUT2D eigenvalue weighted by molar-refractivity contribution is -0.384. The van der Waals surface area contributed by atoms with Gasteiger partial charge in [0.15, 0.2) is 0 Å². The quantitative estimate of drug-likeness (QED) is 0.396. The molecule has 2 heterocycles. The highest BCUT2D eigenvalue weighted by Crippen LogP contribution is 2.41. The number of nitro benzene ring substituents is 1. The third-order valence-electron chi connectivity index (χ3n) is 5.81. The van der Waals surface area contributed by atoms with E-state index < -0.39 is 14.9 Å². The Hall–Kier alpha value is -3.00. The molecule has 0 radical (unpaired) electrons. The van der Waals surface area contributed by atoms with Crippen LogP contribution in [-0.2, 0) is 10.0 Å². The van der Waals surface area contributed by atoms with Crippen LogP contribution in [0.5, 0.6) is 5.75 Å². The molecule has 0 aromatic heterocycles. The lowest BCUT2D eigenvalue weighted by Gasteiger charge is -2.27. The topological polar surface area (TPSA) is 126 Å². The zero-order chi connectivity index (χ0) is 22.0. The molecule has 0 bridgehead atoms. The van der Waals surface area contributed by atoms with E-state index >= 15 is 0 Å². The average molecular weight is 442 g/mol. The van der Waals surface area contributed by atoms with Gasteiger partial charge in [0.05, 0.1) is 28.1 Å². The van der Waals surface area contributed by atoms with Crippen molar-refractivity contribution in [3.63, 3.8) is 0 Å². The first-order valence-corrected chi connectivity index (χ1v) is 11.5. The number of nitriles is 1. The number of fused-ring (bicyclic) bond motifs is 3. The molecule has 0 amide bonds. The Bertz CT molecular complexity index is 1130. The van der Waals surface area contributed by atoms with Crippen molar-refractivity contribution >= 4 is 15.7 Å². The van der Waals surface area contributed by atoms with Crippen molar-refractivity contribution < 1.29 is 18.1 Å². The number of ether oxygens (including phenoxy) is 1.